The van der Waals surface area contributed by atoms with E-state index in [1.165, 1.54) is 19.1 Å². The third kappa shape index (κ3) is 2.82. The first-order chi connectivity index (χ1) is 10.0. The summed E-state index contributed by atoms with van der Waals surface area (Å²) in [6.07, 6.45) is -0.194. The normalized spacial score (nSPS) is 21.5. The third-order valence-corrected chi connectivity index (χ3v) is 3.89. The molecule has 6 heteroatoms. The zero-order valence-electron chi connectivity index (χ0n) is 12.5. The Balaban J connectivity index is 2.35. The zero-order chi connectivity index (χ0) is 15.6. The zero-order valence-corrected chi connectivity index (χ0v) is 12.5. The van der Waals surface area contributed by atoms with Gasteiger partial charge in [0.25, 0.3) is 5.91 Å². The van der Waals surface area contributed by atoms with Gasteiger partial charge in [-0.25, -0.2) is 0 Å². The highest BCUT2D eigenvalue weighted by molar-refractivity contribution is 5.97. The second kappa shape index (κ2) is 6.32. The van der Waals surface area contributed by atoms with E-state index in [4.69, 9.17) is 9.47 Å². The van der Waals surface area contributed by atoms with Crippen LogP contribution in [-0.4, -0.2) is 60.5 Å². The SMILES string of the molecule is COc1ccc(C(=O)N2C[C@H](O)C[C@H]2CO)c(C)c1OC. The van der Waals surface area contributed by atoms with Gasteiger partial charge in [0.2, 0.25) is 0 Å². The van der Waals surface area contributed by atoms with Gasteiger partial charge in [0.05, 0.1) is 33.0 Å². The highest BCUT2D eigenvalue weighted by Crippen LogP contribution is 2.34. The van der Waals surface area contributed by atoms with E-state index in [0.717, 1.165) is 0 Å². The number of carbonyl (C=O) groups excluding carboxylic acids is 1. The lowest BCUT2D eigenvalue weighted by Crippen LogP contribution is -2.38. The molecule has 1 amide bonds. The number of methoxy groups -OCH3 is 2. The number of hydrogen-bond donors (Lipinski definition) is 2. The van der Waals surface area contributed by atoms with Gasteiger partial charge in [-0.2, -0.15) is 0 Å². The molecule has 0 aromatic heterocycles. The minimum atomic E-state index is -0.591. The molecule has 2 rings (SSSR count). The lowest BCUT2D eigenvalue weighted by atomic mass is 10.1. The smallest absolute Gasteiger partial charge is 0.254 e. The highest BCUT2D eigenvalue weighted by Gasteiger charge is 2.35. The average molecular weight is 295 g/mol. The number of ether oxygens (including phenoxy) is 2. The summed E-state index contributed by atoms with van der Waals surface area (Å²) in [5.74, 6) is 0.861. The summed E-state index contributed by atoms with van der Waals surface area (Å²) < 4.78 is 10.5. The van der Waals surface area contributed by atoms with Crippen LogP contribution in [0.25, 0.3) is 0 Å². The summed E-state index contributed by atoms with van der Waals surface area (Å²) in [4.78, 5) is 14.2. The molecule has 0 radical (unpaired) electrons. The van der Waals surface area contributed by atoms with Crippen molar-refractivity contribution in [2.45, 2.75) is 25.5 Å². The second-order valence-corrected chi connectivity index (χ2v) is 5.16. The number of rotatable bonds is 4. The summed E-state index contributed by atoms with van der Waals surface area (Å²) in [6, 6.07) is 3.01. The van der Waals surface area contributed by atoms with Crippen molar-refractivity contribution in [3.63, 3.8) is 0 Å². The van der Waals surface area contributed by atoms with Crippen molar-refractivity contribution in [2.24, 2.45) is 0 Å². The van der Waals surface area contributed by atoms with Crippen LogP contribution < -0.4 is 9.47 Å². The Kier molecular flexibility index (Phi) is 4.69. The van der Waals surface area contributed by atoms with Crippen molar-refractivity contribution >= 4 is 5.91 Å². The van der Waals surface area contributed by atoms with Gasteiger partial charge < -0.3 is 24.6 Å². The van der Waals surface area contributed by atoms with E-state index < -0.39 is 6.10 Å². The van der Waals surface area contributed by atoms with Crippen molar-refractivity contribution in [3.8, 4) is 11.5 Å². The standard InChI is InChI=1S/C15H21NO5/c1-9-12(4-5-13(20-2)14(9)21-3)15(19)16-7-11(18)6-10(16)8-17/h4-5,10-11,17-18H,6-8H2,1-3H3/t10-,11+/m0/s1. The Labute approximate surface area is 123 Å². The van der Waals surface area contributed by atoms with E-state index >= 15 is 0 Å². The molecule has 1 fully saturated rings. The topological polar surface area (TPSA) is 79.2 Å². The van der Waals surface area contributed by atoms with E-state index in [0.29, 0.717) is 29.0 Å². The van der Waals surface area contributed by atoms with Gasteiger partial charge in [0, 0.05) is 17.7 Å². The van der Waals surface area contributed by atoms with Crippen molar-refractivity contribution in [2.75, 3.05) is 27.4 Å². The van der Waals surface area contributed by atoms with Crippen molar-refractivity contribution in [3.05, 3.63) is 23.3 Å². The fourth-order valence-electron chi connectivity index (χ4n) is 2.78. The van der Waals surface area contributed by atoms with Crippen LogP contribution in [0, 0.1) is 6.92 Å². The minimum absolute atomic E-state index is 0.158. The molecule has 21 heavy (non-hydrogen) atoms. The van der Waals surface area contributed by atoms with Gasteiger partial charge in [0.15, 0.2) is 11.5 Å². The summed E-state index contributed by atoms with van der Waals surface area (Å²) in [7, 11) is 3.06. The average Bonchev–Trinajstić information content (AvgIpc) is 2.87. The molecule has 6 nitrogen and oxygen atoms in total. The Morgan fingerprint density at radius 3 is 2.67 bits per heavy atom. The molecule has 1 aromatic carbocycles. The molecule has 0 saturated carbocycles. The number of amides is 1. The van der Waals surface area contributed by atoms with Gasteiger partial charge in [-0.15, -0.1) is 0 Å². The molecular weight excluding hydrogens is 274 g/mol. The first kappa shape index (κ1) is 15.6. The van der Waals surface area contributed by atoms with E-state index in [9.17, 15) is 15.0 Å². The molecule has 0 spiro atoms. The number of likely N-dealkylation sites (tertiary alicyclic amines) is 1. The maximum absolute atomic E-state index is 12.7. The Hall–Kier alpha value is -1.79. The number of hydrogen-bond acceptors (Lipinski definition) is 5. The van der Waals surface area contributed by atoms with E-state index in [1.54, 1.807) is 19.1 Å². The van der Waals surface area contributed by atoms with Crippen LogP contribution in [0.2, 0.25) is 0 Å². The van der Waals surface area contributed by atoms with Crippen molar-refractivity contribution in [1.29, 1.82) is 0 Å². The first-order valence-corrected chi connectivity index (χ1v) is 6.85. The monoisotopic (exact) mass is 295 g/mol. The molecule has 1 heterocycles. The molecule has 116 valence electrons. The van der Waals surface area contributed by atoms with Crippen LogP contribution >= 0.6 is 0 Å². The van der Waals surface area contributed by atoms with E-state index in [2.05, 4.69) is 0 Å². The van der Waals surface area contributed by atoms with Gasteiger partial charge in [0.1, 0.15) is 0 Å². The van der Waals surface area contributed by atoms with Crippen LogP contribution in [0.15, 0.2) is 12.1 Å². The van der Waals surface area contributed by atoms with E-state index in [1.807, 2.05) is 0 Å². The number of β-amino-alcohol motifs (C(OH)–C–C–N with tert-alkyl or cyclic N) is 1. The Morgan fingerprint density at radius 1 is 1.38 bits per heavy atom. The lowest BCUT2D eigenvalue weighted by Gasteiger charge is -2.24. The molecule has 2 atom stereocenters. The second-order valence-electron chi connectivity index (χ2n) is 5.16. The fraction of sp³-hybridized carbons (Fsp3) is 0.533. The minimum Gasteiger partial charge on any atom is -0.493 e. The van der Waals surface area contributed by atoms with Crippen LogP contribution in [0.1, 0.15) is 22.3 Å². The lowest BCUT2D eigenvalue weighted by molar-refractivity contribution is 0.0663. The number of carbonyl (C=O) groups is 1. The number of aliphatic hydroxyl groups excluding tert-OH is 2. The first-order valence-electron chi connectivity index (χ1n) is 6.85. The fourth-order valence-corrected chi connectivity index (χ4v) is 2.78. The van der Waals surface area contributed by atoms with Crippen LogP contribution in [0.4, 0.5) is 0 Å². The van der Waals surface area contributed by atoms with Crippen LogP contribution in [0.3, 0.4) is 0 Å². The molecule has 1 aliphatic heterocycles. The molecule has 1 aliphatic rings. The summed E-state index contributed by atoms with van der Waals surface area (Å²) >= 11 is 0. The van der Waals surface area contributed by atoms with E-state index in [-0.39, 0.29) is 25.1 Å². The molecule has 1 saturated heterocycles. The molecule has 1 aromatic rings. The summed E-state index contributed by atoms with van der Waals surface area (Å²) in [6.45, 7) is 1.86. The maximum Gasteiger partial charge on any atom is 0.254 e. The Morgan fingerprint density at radius 2 is 2.10 bits per heavy atom. The predicted octanol–water partition coefficient (Wildman–Crippen LogP) is 0.580. The largest absolute Gasteiger partial charge is 0.493 e. The van der Waals surface area contributed by atoms with Crippen LogP contribution in [0.5, 0.6) is 11.5 Å². The van der Waals surface area contributed by atoms with Gasteiger partial charge in [-0.05, 0) is 25.5 Å². The maximum atomic E-state index is 12.7. The molecule has 0 aliphatic carbocycles. The Bertz CT molecular complexity index is 531. The number of aliphatic hydroxyl groups is 2. The highest BCUT2D eigenvalue weighted by atomic mass is 16.5. The summed E-state index contributed by atoms with van der Waals surface area (Å²) in [5.41, 5.74) is 1.17. The van der Waals surface area contributed by atoms with Crippen molar-refractivity contribution in [1.82, 2.24) is 4.90 Å². The third-order valence-electron chi connectivity index (χ3n) is 3.89. The summed E-state index contributed by atoms with van der Waals surface area (Å²) in [5, 5.41) is 19.1. The number of nitrogens with zero attached hydrogens (tertiary/aromatic N) is 1. The van der Waals surface area contributed by atoms with Crippen LogP contribution in [-0.2, 0) is 0 Å². The van der Waals surface area contributed by atoms with Gasteiger partial charge >= 0.3 is 0 Å². The van der Waals surface area contributed by atoms with Crippen molar-refractivity contribution < 1.29 is 24.5 Å². The van der Waals surface area contributed by atoms with Gasteiger partial charge in [-0.1, -0.05) is 0 Å². The molecule has 2 N–H and O–H groups in total. The molecule has 0 unspecified atom stereocenters. The quantitative estimate of drug-likeness (QED) is 0.849. The number of benzene rings is 1. The van der Waals surface area contributed by atoms with Gasteiger partial charge in [-0.3, -0.25) is 4.79 Å². The molecular formula is C15H21NO5. The molecule has 0 bridgehead atoms. The predicted molar refractivity (Wildman–Crippen MR) is 76.8 cm³/mol.